The van der Waals surface area contributed by atoms with Gasteiger partial charge in [0.2, 0.25) is 0 Å². The van der Waals surface area contributed by atoms with Crippen molar-refractivity contribution in [2.45, 2.75) is 70.8 Å². The second kappa shape index (κ2) is 13.3. The molecule has 1 unspecified atom stereocenters. The van der Waals surface area contributed by atoms with Crippen LogP contribution >= 0.6 is 0 Å². The van der Waals surface area contributed by atoms with Crippen LogP contribution in [0.5, 0.6) is 0 Å². The molecule has 0 aromatic rings. The minimum absolute atomic E-state index is 0.185. The predicted molar refractivity (Wildman–Crippen MR) is 77.8 cm³/mol. The average molecular weight is 259 g/mol. The first kappa shape index (κ1) is 17.9. The summed E-state index contributed by atoms with van der Waals surface area (Å²) in [6, 6.07) is 0. The van der Waals surface area contributed by atoms with Crippen molar-refractivity contribution in [1.29, 1.82) is 0 Å². The lowest BCUT2D eigenvalue weighted by molar-refractivity contribution is 0.113. The molecule has 0 aromatic carbocycles. The van der Waals surface area contributed by atoms with Crippen molar-refractivity contribution in [2.24, 2.45) is 0 Å². The van der Waals surface area contributed by atoms with Crippen LogP contribution < -0.4 is 0 Å². The van der Waals surface area contributed by atoms with Crippen LogP contribution in [0.25, 0.3) is 0 Å². The zero-order chi connectivity index (χ0) is 13.6. The maximum absolute atomic E-state index is 9.89. The third kappa shape index (κ3) is 12.3. The van der Waals surface area contributed by atoms with E-state index in [-0.39, 0.29) is 12.7 Å². The van der Waals surface area contributed by atoms with E-state index in [1.165, 1.54) is 32.1 Å². The molecular formula is C15H33NO2. The lowest BCUT2D eigenvalue weighted by Gasteiger charge is -2.20. The predicted octanol–water partition coefficient (Wildman–Crippen LogP) is 2.80. The molecule has 0 aliphatic heterocycles. The largest absolute Gasteiger partial charge is 0.396 e. The van der Waals surface area contributed by atoms with Gasteiger partial charge in [-0.1, -0.05) is 45.4 Å². The number of aliphatic hydroxyl groups excluding tert-OH is 2. The van der Waals surface area contributed by atoms with E-state index in [4.69, 9.17) is 5.11 Å². The maximum Gasteiger partial charge on any atom is 0.0667 e. The van der Waals surface area contributed by atoms with Crippen LogP contribution in [0.4, 0.5) is 0 Å². The van der Waals surface area contributed by atoms with Gasteiger partial charge < -0.3 is 15.1 Å². The van der Waals surface area contributed by atoms with Crippen molar-refractivity contribution < 1.29 is 10.2 Å². The van der Waals surface area contributed by atoms with Gasteiger partial charge in [-0.05, 0) is 32.9 Å². The Kier molecular flexibility index (Phi) is 13.2. The molecule has 0 radical (unpaired) electrons. The molecule has 0 spiro atoms. The summed E-state index contributed by atoms with van der Waals surface area (Å²) in [6.45, 7) is 4.24. The van der Waals surface area contributed by atoms with E-state index in [1.54, 1.807) is 0 Å². The van der Waals surface area contributed by atoms with Crippen LogP contribution in [0.3, 0.4) is 0 Å². The Morgan fingerprint density at radius 3 is 2.28 bits per heavy atom. The molecule has 0 aliphatic rings. The molecule has 0 bridgehead atoms. The molecule has 0 aliphatic carbocycles. The summed E-state index contributed by atoms with van der Waals surface area (Å²) in [5, 5.41) is 18.6. The Bertz CT molecular complexity index is 165. The number of rotatable bonds is 13. The average Bonchev–Trinajstić information content (AvgIpc) is 2.34. The normalized spacial score (nSPS) is 13.2. The summed E-state index contributed by atoms with van der Waals surface area (Å²) in [5.41, 5.74) is 0. The second-order valence-electron chi connectivity index (χ2n) is 5.40. The third-order valence-corrected chi connectivity index (χ3v) is 3.36. The molecule has 0 rings (SSSR count). The first-order chi connectivity index (χ1) is 8.70. The summed E-state index contributed by atoms with van der Waals surface area (Å²) in [5.74, 6) is 0. The van der Waals surface area contributed by atoms with Gasteiger partial charge in [0, 0.05) is 13.2 Å². The van der Waals surface area contributed by atoms with Gasteiger partial charge in [-0.15, -0.1) is 0 Å². The van der Waals surface area contributed by atoms with Crippen LogP contribution in [0.1, 0.15) is 64.7 Å². The van der Waals surface area contributed by atoms with E-state index in [9.17, 15) is 5.11 Å². The van der Waals surface area contributed by atoms with Crippen molar-refractivity contribution in [3.63, 3.8) is 0 Å². The lowest BCUT2D eigenvalue weighted by Crippen LogP contribution is -2.30. The van der Waals surface area contributed by atoms with Gasteiger partial charge in [-0.2, -0.15) is 0 Å². The molecule has 0 amide bonds. The molecule has 2 N–H and O–H groups in total. The number of likely N-dealkylation sites (N-methyl/N-ethyl adjacent to an activating group) is 1. The lowest BCUT2D eigenvalue weighted by atomic mass is 10.1. The van der Waals surface area contributed by atoms with Gasteiger partial charge in [-0.3, -0.25) is 0 Å². The molecule has 18 heavy (non-hydrogen) atoms. The van der Waals surface area contributed by atoms with E-state index < -0.39 is 0 Å². The number of aliphatic hydroxyl groups is 2. The van der Waals surface area contributed by atoms with Crippen LogP contribution in [0.15, 0.2) is 0 Å². The van der Waals surface area contributed by atoms with Crippen LogP contribution in [0, 0.1) is 0 Å². The van der Waals surface area contributed by atoms with Crippen LogP contribution in [-0.4, -0.2) is 48.0 Å². The van der Waals surface area contributed by atoms with Crippen molar-refractivity contribution in [2.75, 3.05) is 26.7 Å². The first-order valence-corrected chi connectivity index (χ1v) is 7.68. The van der Waals surface area contributed by atoms with E-state index in [0.717, 1.165) is 38.8 Å². The fraction of sp³-hybridized carbons (Fsp3) is 1.00. The molecule has 0 heterocycles. The van der Waals surface area contributed by atoms with Gasteiger partial charge in [0.15, 0.2) is 0 Å². The third-order valence-electron chi connectivity index (χ3n) is 3.36. The smallest absolute Gasteiger partial charge is 0.0667 e. The monoisotopic (exact) mass is 259 g/mol. The summed E-state index contributed by atoms with van der Waals surface area (Å²) in [7, 11) is 2.04. The summed E-state index contributed by atoms with van der Waals surface area (Å²) in [4.78, 5) is 2.16. The van der Waals surface area contributed by atoms with E-state index in [0.29, 0.717) is 0 Å². The Labute approximate surface area is 113 Å². The number of hydrogen-bond acceptors (Lipinski definition) is 3. The molecule has 0 saturated heterocycles. The zero-order valence-corrected chi connectivity index (χ0v) is 12.4. The zero-order valence-electron chi connectivity index (χ0n) is 12.4. The topological polar surface area (TPSA) is 43.7 Å². The molecular weight excluding hydrogens is 226 g/mol. The molecule has 0 fully saturated rings. The van der Waals surface area contributed by atoms with Crippen molar-refractivity contribution in [3.05, 3.63) is 0 Å². The van der Waals surface area contributed by atoms with Gasteiger partial charge in [-0.25, -0.2) is 0 Å². The molecule has 1 atom stereocenters. The summed E-state index contributed by atoms with van der Waals surface area (Å²) >= 11 is 0. The Balaban J connectivity index is 3.32. The van der Waals surface area contributed by atoms with Gasteiger partial charge in [0.1, 0.15) is 0 Å². The summed E-state index contributed by atoms with van der Waals surface area (Å²) < 4.78 is 0. The first-order valence-electron chi connectivity index (χ1n) is 7.68. The number of hydrogen-bond donors (Lipinski definition) is 2. The number of unbranched alkanes of at least 4 members (excludes halogenated alkanes) is 6. The fourth-order valence-electron chi connectivity index (χ4n) is 2.20. The highest BCUT2D eigenvalue weighted by Gasteiger charge is 2.07. The Morgan fingerprint density at radius 2 is 1.61 bits per heavy atom. The Hall–Kier alpha value is -0.120. The van der Waals surface area contributed by atoms with Crippen molar-refractivity contribution in [3.8, 4) is 0 Å². The number of nitrogens with zero attached hydrogens (tertiary/aromatic N) is 1. The maximum atomic E-state index is 9.89. The van der Waals surface area contributed by atoms with Crippen LogP contribution in [0.2, 0.25) is 0 Å². The van der Waals surface area contributed by atoms with E-state index in [2.05, 4.69) is 11.8 Å². The summed E-state index contributed by atoms with van der Waals surface area (Å²) in [6.07, 6.45) is 10.3. The van der Waals surface area contributed by atoms with E-state index >= 15 is 0 Å². The molecule has 3 heteroatoms. The highest BCUT2D eigenvalue weighted by molar-refractivity contribution is 4.62. The Morgan fingerprint density at radius 1 is 0.944 bits per heavy atom. The standard InChI is InChI=1S/C15H33NO2/c1-3-4-5-6-7-8-11-15(18)14-16(2)12-9-10-13-17/h15,17-18H,3-14H2,1-2H3. The van der Waals surface area contributed by atoms with Gasteiger partial charge >= 0.3 is 0 Å². The molecule has 0 aromatic heterocycles. The minimum atomic E-state index is -0.185. The highest BCUT2D eigenvalue weighted by atomic mass is 16.3. The van der Waals surface area contributed by atoms with Gasteiger partial charge in [0.25, 0.3) is 0 Å². The molecule has 0 saturated carbocycles. The minimum Gasteiger partial charge on any atom is -0.396 e. The SMILES string of the molecule is CCCCCCCCC(O)CN(C)CCCCO. The van der Waals surface area contributed by atoms with Crippen molar-refractivity contribution in [1.82, 2.24) is 4.90 Å². The van der Waals surface area contributed by atoms with Gasteiger partial charge in [0.05, 0.1) is 6.10 Å². The second-order valence-corrected chi connectivity index (χ2v) is 5.40. The fourth-order valence-corrected chi connectivity index (χ4v) is 2.20. The molecule has 3 nitrogen and oxygen atoms in total. The van der Waals surface area contributed by atoms with E-state index in [1.807, 2.05) is 7.05 Å². The van der Waals surface area contributed by atoms with Crippen LogP contribution in [-0.2, 0) is 0 Å². The highest BCUT2D eigenvalue weighted by Crippen LogP contribution is 2.09. The molecule has 110 valence electrons. The quantitative estimate of drug-likeness (QED) is 0.500. The van der Waals surface area contributed by atoms with Crippen molar-refractivity contribution >= 4 is 0 Å².